The van der Waals surface area contributed by atoms with Crippen LogP contribution in [0.15, 0.2) is 102 Å². The van der Waals surface area contributed by atoms with Gasteiger partial charge >= 0.3 is 0 Å². The highest BCUT2D eigenvalue weighted by Gasteiger charge is 2.39. The summed E-state index contributed by atoms with van der Waals surface area (Å²) in [6.07, 6.45) is 3.69. The summed E-state index contributed by atoms with van der Waals surface area (Å²) < 4.78 is 8.45. The number of aromatic nitrogens is 2. The van der Waals surface area contributed by atoms with Crippen LogP contribution in [0.5, 0.6) is 5.75 Å². The first-order valence-electron chi connectivity index (χ1n) is 8.70. The van der Waals surface area contributed by atoms with Gasteiger partial charge in [0, 0.05) is 0 Å². The maximum Gasteiger partial charge on any atom is 0.122 e. The predicted molar refractivity (Wildman–Crippen MR) is 111 cm³/mol. The van der Waals surface area contributed by atoms with E-state index in [-0.39, 0.29) is 0 Å². The third kappa shape index (κ3) is 2.96. The van der Waals surface area contributed by atoms with E-state index in [4.69, 9.17) is 4.74 Å². The molecule has 1 heterocycles. The molecule has 3 aromatic carbocycles. The number of imidazole rings is 1. The predicted octanol–water partition coefficient (Wildman–Crippen LogP) is 5.49. The van der Waals surface area contributed by atoms with Crippen molar-refractivity contribution in [2.24, 2.45) is 0 Å². The van der Waals surface area contributed by atoms with Gasteiger partial charge in [-0.1, -0.05) is 72.8 Å². The third-order valence-corrected chi connectivity index (χ3v) is 5.43. The van der Waals surface area contributed by atoms with Crippen LogP contribution in [-0.4, -0.2) is 16.7 Å². The van der Waals surface area contributed by atoms with Crippen molar-refractivity contribution in [2.75, 3.05) is 7.11 Å². The molecule has 0 saturated carbocycles. The summed E-state index contributed by atoms with van der Waals surface area (Å²) in [7, 11) is 1.68. The molecule has 0 radical (unpaired) electrons. The lowest BCUT2D eigenvalue weighted by Crippen LogP contribution is -2.37. The van der Waals surface area contributed by atoms with Crippen LogP contribution in [0.4, 0.5) is 0 Å². The summed E-state index contributed by atoms with van der Waals surface area (Å²) in [6, 6.07) is 29.2. The molecule has 4 aromatic rings. The molecule has 4 rings (SSSR count). The van der Waals surface area contributed by atoms with Crippen molar-refractivity contribution >= 4 is 15.9 Å². The molecule has 0 amide bonds. The first-order chi connectivity index (χ1) is 13.3. The summed E-state index contributed by atoms with van der Waals surface area (Å²) in [6.45, 7) is 0. The summed E-state index contributed by atoms with van der Waals surface area (Å²) >= 11 is 3.70. The van der Waals surface area contributed by atoms with Crippen molar-refractivity contribution in [3.8, 4) is 5.75 Å². The summed E-state index contributed by atoms with van der Waals surface area (Å²) in [5, 5.41) is 0. The fourth-order valence-electron chi connectivity index (χ4n) is 3.63. The SMILES string of the molecule is COc1ccc(C(c2ccccc2)(c2ccccc2)n2cncc2Br)cc1. The van der Waals surface area contributed by atoms with E-state index < -0.39 is 5.54 Å². The maximum atomic E-state index is 5.38. The number of nitrogens with zero attached hydrogens (tertiary/aromatic N) is 2. The molecule has 0 unspecified atom stereocenters. The average molecular weight is 419 g/mol. The summed E-state index contributed by atoms with van der Waals surface area (Å²) in [5.74, 6) is 0.832. The van der Waals surface area contributed by atoms with Gasteiger partial charge in [-0.2, -0.15) is 0 Å². The number of hydrogen-bond acceptors (Lipinski definition) is 2. The first kappa shape index (κ1) is 17.6. The Morgan fingerprint density at radius 3 is 1.74 bits per heavy atom. The van der Waals surface area contributed by atoms with Crippen LogP contribution in [0.1, 0.15) is 16.7 Å². The lowest BCUT2D eigenvalue weighted by Gasteiger charge is -2.38. The van der Waals surface area contributed by atoms with Gasteiger partial charge < -0.3 is 9.30 Å². The molecule has 0 spiro atoms. The molecular formula is C23H19BrN2O. The van der Waals surface area contributed by atoms with Gasteiger partial charge in [0.15, 0.2) is 0 Å². The average Bonchev–Trinajstić information content (AvgIpc) is 3.17. The Kier molecular flexibility index (Phi) is 4.82. The van der Waals surface area contributed by atoms with E-state index in [0.717, 1.165) is 27.0 Å². The van der Waals surface area contributed by atoms with Crippen molar-refractivity contribution in [1.29, 1.82) is 0 Å². The quantitative estimate of drug-likeness (QED) is 0.400. The zero-order valence-electron chi connectivity index (χ0n) is 14.9. The van der Waals surface area contributed by atoms with E-state index in [1.807, 2.05) is 36.8 Å². The number of benzene rings is 3. The van der Waals surface area contributed by atoms with Crippen LogP contribution in [-0.2, 0) is 5.54 Å². The van der Waals surface area contributed by atoms with Gasteiger partial charge in [-0.25, -0.2) is 4.98 Å². The number of methoxy groups -OCH3 is 1. The molecular weight excluding hydrogens is 400 g/mol. The fraction of sp³-hybridized carbons (Fsp3) is 0.0870. The van der Waals surface area contributed by atoms with Gasteiger partial charge in [0.05, 0.1) is 19.6 Å². The second-order valence-corrected chi connectivity index (χ2v) is 7.07. The lowest BCUT2D eigenvalue weighted by molar-refractivity contribution is 0.414. The Bertz CT molecular complexity index is 972. The van der Waals surface area contributed by atoms with Crippen molar-refractivity contribution < 1.29 is 4.74 Å². The molecule has 0 atom stereocenters. The molecule has 27 heavy (non-hydrogen) atoms. The zero-order valence-corrected chi connectivity index (χ0v) is 16.5. The van der Waals surface area contributed by atoms with E-state index in [9.17, 15) is 0 Å². The molecule has 3 nitrogen and oxygen atoms in total. The van der Waals surface area contributed by atoms with Crippen LogP contribution in [0.2, 0.25) is 0 Å². The van der Waals surface area contributed by atoms with Crippen LogP contribution in [0, 0.1) is 0 Å². The molecule has 134 valence electrons. The second-order valence-electron chi connectivity index (χ2n) is 6.26. The highest BCUT2D eigenvalue weighted by Crippen LogP contribution is 2.42. The van der Waals surface area contributed by atoms with Gasteiger partial charge in [-0.05, 0) is 44.8 Å². The topological polar surface area (TPSA) is 27.1 Å². The summed E-state index contributed by atoms with van der Waals surface area (Å²) in [4.78, 5) is 4.39. The number of rotatable bonds is 5. The largest absolute Gasteiger partial charge is 0.497 e. The zero-order chi connectivity index (χ0) is 18.7. The standard InChI is InChI=1S/C23H19BrN2O/c1-27-21-14-12-20(13-15-21)23(18-8-4-2-5-9-18,19-10-6-3-7-11-19)26-17-25-16-22(26)24/h2-17H,1H3. The Morgan fingerprint density at radius 2 is 1.30 bits per heavy atom. The molecule has 0 bridgehead atoms. The van der Waals surface area contributed by atoms with E-state index in [2.05, 4.69) is 86.1 Å². The van der Waals surface area contributed by atoms with Crippen molar-refractivity contribution in [3.63, 3.8) is 0 Å². The normalized spacial score (nSPS) is 11.3. The van der Waals surface area contributed by atoms with Gasteiger partial charge in [0.2, 0.25) is 0 Å². The molecule has 0 fully saturated rings. The minimum absolute atomic E-state index is 0.565. The first-order valence-corrected chi connectivity index (χ1v) is 9.50. The molecule has 0 N–H and O–H groups in total. The molecule has 1 aromatic heterocycles. The Morgan fingerprint density at radius 1 is 0.778 bits per heavy atom. The number of hydrogen-bond donors (Lipinski definition) is 0. The second kappa shape index (κ2) is 7.41. The Balaban J connectivity index is 2.10. The Labute approximate surface area is 167 Å². The fourth-order valence-corrected chi connectivity index (χ4v) is 4.11. The molecule has 0 saturated heterocycles. The lowest BCUT2D eigenvalue weighted by atomic mass is 9.76. The minimum atomic E-state index is -0.565. The molecule has 4 heteroatoms. The van der Waals surface area contributed by atoms with Crippen molar-refractivity contribution in [1.82, 2.24) is 9.55 Å². The van der Waals surface area contributed by atoms with Crippen molar-refractivity contribution in [3.05, 3.63) is 119 Å². The highest BCUT2D eigenvalue weighted by molar-refractivity contribution is 9.10. The Hall–Kier alpha value is -2.85. The number of ether oxygens (including phenoxy) is 1. The van der Waals surface area contributed by atoms with E-state index in [1.165, 1.54) is 0 Å². The molecule has 0 aliphatic heterocycles. The van der Waals surface area contributed by atoms with Gasteiger partial charge in [0.25, 0.3) is 0 Å². The van der Waals surface area contributed by atoms with Gasteiger partial charge in [-0.15, -0.1) is 0 Å². The monoisotopic (exact) mass is 418 g/mol. The van der Waals surface area contributed by atoms with Crippen molar-refractivity contribution in [2.45, 2.75) is 5.54 Å². The van der Waals surface area contributed by atoms with Crippen LogP contribution in [0.25, 0.3) is 0 Å². The van der Waals surface area contributed by atoms with Gasteiger partial charge in [-0.3, -0.25) is 0 Å². The van der Waals surface area contributed by atoms with Crippen LogP contribution in [0.3, 0.4) is 0 Å². The van der Waals surface area contributed by atoms with E-state index in [1.54, 1.807) is 7.11 Å². The van der Waals surface area contributed by atoms with E-state index in [0.29, 0.717) is 0 Å². The highest BCUT2D eigenvalue weighted by atomic mass is 79.9. The minimum Gasteiger partial charge on any atom is -0.497 e. The molecule has 0 aliphatic rings. The van der Waals surface area contributed by atoms with Crippen LogP contribution < -0.4 is 4.74 Å². The maximum absolute atomic E-state index is 5.38. The smallest absolute Gasteiger partial charge is 0.122 e. The van der Waals surface area contributed by atoms with E-state index >= 15 is 0 Å². The molecule has 0 aliphatic carbocycles. The van der Waals surface area contributed by atoms with Gasteiger partial charge in [0.1, 0.15) is 15.9 Å². The summed E-state index contributed by atoms with van der Waals surface area (Å²) in [5.41, 5.74) is 2.86. The van der Waals surface area contributed by atoms with Crippen LogP contribution >= 0.6 is 15.9 Å². The number of halogens is 1. The third-order valence-electron chi connectivity index (χ3n) is 4.85.